The Morgan fingerprint density at radius 3 is 2.50 bits per heavy atom. The lowest BCUT2D eigenvalue weighted by atomic mass is 9.87. The monoisotopic (exact) mass is 471 g/mol. The number of hydrogen-bond acceptors (Lipinski definition) is 7. The van der Waals surface area contributed by atoms with E-state index in [0.717, 1.165) is 11.1 Å². The molecule has 2 heterocycles. The number of aromatic nitrogens is 1. The third kappa shape index (κ3) is 5.67. The van der Waals surface area contributed by atoms with Gasteiger partial charge in [0.15, 0.2) is 22.7 Å². The maximum Gasteiger partial charge on any atom is 0.343 e. The topological polar surface area (TPSA) is 93.1 Å². The second-order valence-electron chi connectivity index (χ2n) is 8.72. The summed E-state index contributed by atoms with van der Waals surface area (Å²) in [7, 11) is 1.64. The summed E-state index contributed by atoms with van der Waals surface area (Å²) in [6.07, 6.45) is 3.00. The first-order valence-corrected chi connectivity index (χ1v) is 11.6. The molecule has 34 heavy (non-hydrogen) atoms. The molecule has 1 unspecified atom stereocenters. The van der Waals surface area contributed by atoms with E-state index in [4.69, 9.17) is 18.9 Å². The number of ketones is 1. The predicted molar refractivity (Wildman–Crippen MR) is 128 cm³/mol. The van der Waals surface area contributed by atoms with Gasteiger partial charge in [-0.25, -0.2) is 4.79 Å². The van der Waals surface area contributed by atoms with E-state index in [-0.39, 0.29) is 36.5 Å². The van der Waals surface area contributed by atoms with Gasteiger partial charge in [-0.1, -0.05) is 13.8 Å². The maximum absolute atomic E-state index is 12.8. The first kappa shape index (κ1) is 25.5. The Bertz CT molecular complexity index is 1100. The zero-order chi connectivity index (χ0) is 24.8. The summed E-state index contributed by atoms with van der Waals surface area (Å²) in [6, 6.07) is 5.25. The number of methoxy groups -OCH3 is 1. The van der Waals surface area contributed by atoms with Crippen LogP contribution in [0.5, 0.6) is 11.5 Å². The zero-order valence-corrected chi connectivity index (χ0v) is 20.5. The van der Waals surface area contributed by atoms with Crippen molar-refractivity contribution in [1.82, 2.24) is 4.57 Å². The number of carbonyl (C=O) groups is 2. The Labute approximate surface area is 199 Å². The lowest BCUT2D eigenvalue weighted by molar-refractivity contribution is -0.118. The average molecular weight is 472 g/mol. The summed E-state index contributed by atoms with van der Waals surface area (Å²) in [4.78, 5) is 36.8. The predicted octanol–water partition coefficient (Wildman–Crippen LogP) is 3.83. The van der Waals surface area contributed by atoms with Crippen LogP contribution in [0, 0.1) is 5.92 Å². The quantitative estimate of drug-likeness (QED) is 0.363. The summed E-state index contributed by atoms with van der Waals surface area (Å²) in [5, 5.41) is 0. The molecular weight excluding hydrogens is 438 g/mol. The first-order valence-electron chi connectivity index (χ1n) is 11.6. The third-order valence-corrected chi connectivity index (χ3v) is 5.76. The Morgan fingerprint density at radius 1 is 1.12 bits per heavy atom. The summed E-state index contributed by atoms with van der Waals surface area (Å²) >= 11 is 0. The van der Waals surface area contributed by atoms with E-state index in [2.05, 4.69) is 13.8 Å². The average Bonchev–Trinajstić information content (AvgIpc) is 2.79. The normalized spacial score (nSPS) is 14.4. The molecule has 0 aliphatic carbocycles. The van der Waals surface area contributed by atoms with Crippen LogP contribution < -0.4 is 14.9 Å². The van der Waals surface area contributed by atoms with Crippen molar-refractivity contribution in [2.75, 3.05) is 33.5 Å². The number of benzene rings is 1. The first-order chi connectivity index (χ1) is 16.3. The van der Waals surface area contributed by atoms with Gasteiger partial charge in [0.1, 0.15) is 12.2 Å². The molecule has 0 saturated heterocycles. The summed E-state index contributed by atoms with van der Waals surface area (Å²) in [6.45, 7) is 8.49. The smallest absolute Gasteiger partial charge is 0.343 e. The van der Waals surface area contributed by atoms with Gasteiger partial charge in [-0.3, -0.25) is 9.59 Å². The molecule has 0 radical (unpaired) electrons. The van der Waals surface area contributed by atoms with E-state index >= 15 is 0 Å². The van der Waals surface area contributed by atoms with Crippen molar-refractivity contribution >= 4 is 11.8 Å². The molecule has 0 bridgehead atoms. The van der Waals surface area contributed by atoms with Gasteiger partial charge in [0.05, 0.1) is 18.9 Å². The lowest BCUT2D eigenvalue weighted by Gasteiger charge is -2.34. The number of hydrogen-bond donors (Lipinski definition) is 0. The molecule has 1 atom stereocenters. The highest BCUT2D eigenvalue weighted by Gasteiger charge is 2.29. The van der Waals surface area contributed by atoms with Crippen LogP contribution >= 0.6 is 0 Å². The molecule has 1 aliphatic rings. The molecule has 0 amide bonds. The molecule has 8 nitrogen and oxygen atoms in total. The van der Waals surface area contributed by atoms with Gasteiger partial charge in [0.25, 0.3) is 0 Å². The molecule has 1 aliphatic heterocycles. The zero-order valence-electron chi connectivity index (χ0n) is 20.5. The van der Waals surface area contributed by atoms with Gasteiger partial charge in [-0.15, -0.1) is 0 Å². The minimum absolute atomic E-state index is 0.0193. The van der Waals surface area contributed by atoms with Gasteiger partial charge in [-0.2, -0.15) is 0 Å². The van der Waals surface area contributed by atoms with E-state index in [1.807, 2.05) is 16.7 Å². The van der Waals surface area contributed by atoms with Crippen LogP contribution in [0.4, 0.5) is 0 Å². The second kappa shape index (κ2) is 11.3. The number of Topliss-reactive ketones (excluding diaryl/α,β-unsaturated/α-hetero) is 1. The fraction of sp³-hybridized carbons (Fsp3) is 0.500. The van der Waals surface area contributed by atoms with Gasteiger partial charge in [-0.05, 0) is 43.9 Å². The Hall–Kier alpha value is -3.13. The molecule has 0 fully saturated rings. The SMILES string of the molecule is CCOC(=O)c1cn2c(cc1=O)-c1cc(OCC(C)=O)c(OCCCOC)cc1CC2C(C)C. The Kier molecular flexibility index (Phi) is 8.50. The van der Waals surface area contributed by atoms with Crippen molar-refractivity contribution in [1.29, 1.82) is 0 Å². The largest absolute Gasteiger partial charge is 0.490 e. The number of nitrogens with zero attached hydrogens (tertiary/aromatic N) is 1. The highest BCUT2D eigenvalue weighted by Crippen LogP contribution is 2.42. The van der Waals surface area contributed by atoms with Crippen LogP contribution in [0.2, 0.25) is 0 Å². The minimum atomic E-state index is -0.624. The fourth-order valence-electron chi connectivity index (χ4n) is 4.08. The molecule has 2 aromatic rings. The minimum Gasteiger partial charge on any atom is -0.490 e. The number of ether oxygens (including phenoxy) is 4. The molecule has 3 rings (SSSR count). The molecule has 1 aromatic carbocycles. The van der Waals surface area contributed by atoms with Crippen molar-refractivity contribution in [3.8, 4) is 22.8 Å². The summed E-state index contributed by atoms with van der Waals surface area (Å²) < 4.78 is 23.9. The fourth-order valence-corrected chi connectivity index (χ4v) is 4.08. The third-order valence-electron chi connectivity index (χ3n) is 5.76. The number of esters is 1. The number of pyridine rings is 1. The van der Waals surface area contributed by atoms with Gasteiger partial charge < -0.3 is 23.5 Å². The Morgan fingerprint density at radius 2 is 1.85 bits per heavy atom. The molecule has 8 heteroatoms. The molecule has 1 aromatic heterocycles. The number of carbonyl (C=O) groups excluding carboxylic acids is 2. The Balaban J connectivity index is 2.11. The second-order valence-corrected chi connectivity index (χ2v) is 8.72. The van der Waals surface area contributed by atoms with Gasteiger partial charge in [0, 0.05) is 44.0 Å². The van der Waals surface area contributed by atoms with Crippen molar-refractivity contribution < 1.29 is 28.5 Å². The lowest BCUT2D eigenvalue weighted by Crippen LogP contribution is -2.28. The molecule has 0 N–H and O–H groups in total. The highest BCUT2D eigenvalue weighted by atomic mass is 16.5. The van der Waals surface area contributed by atoms with Crippen molar-refractivity contribution in [2.45, 2.75) is 46.6 Å². The van der Waals surface area contributed by atoms with Crippen LogP contribution in [0.3, 0.4) is 0 Å². The summed E-state index contributed by atoms with van der Waals surface area (Å²) in [5.74, 6) is 0.490. The number of rotatable bonds is 11. The van der Waals surface area contributed by atoms with Gasteiger partial charge >= 0.3 is 5.97 Å². The van der Waals surface area contributed by atoms with Crippen molar-refractivity contribution in [3.63, 3.8) is 0 Å². The standard InChI is InChI=1S/C26H33NO7/c1-6-32-26(30)20-14-27-21(16(2)3)10-18-11-24(33-9-7-8-31-5)25(34-15-17(4)28)12-19(18)22(27)13-23(20)29/h11-14,16,21H,6-10,15H2,1-5H3. The number of fused-ring (bicyclic) bond motifs is 3. The van der Waals surface area contributed by atoms with Crippen molar-refractivity contribution in [2.24, 2.45) is 5.92 Å². The molecule has 184 valence electrons. The highest BCUT2D eigenvalue weighted by molar-refractivity contribution is 5.89. The maximum atomic E-state index is 12.8. The van der Waals surface area contributed by atoms with Gasteiger partial charge in [0.2, 0.25) is 0 Å². The van der Waals surface area contributed by atoms with E-state index in [9.17, 15) is 14.4 Å². The van der Waals surface area contributed by atoms with Crippen LogP contribution in [0.1, 0.15) is 56.1 Å². The van der Waals surface area contributed by atoms with Crippen molar-refractivity contribution in [3.05, 3.63) is 45.7 Å². The summed E-state index contributed by atoms with van der Waals surface area (Å²) in [5.41, 5.74) is 2.14. The molecule has 0 spiro atoms. The van der Waals surface area contributed by atoms with Crippen LogP contribution in [0.25, 0.3) is 11.3 Å². The van der Waals surface area contributed by atoms with Crippen LogP contribution in [-0.2, 0) is 20.7 Å². The van der Waals surface area contributed by atoms with Crippen LogP contribution in [0.15, 0.2) is 29.2 Å². The van der Waals surface area contributed by atoms with E-state index < -0.39 is 11.4 Å². The molecule has 0 saturated carbocycles. The van der Waals surface area contributed by atoms with Crippen LogP contribution in [-0.4, -0.2) is 49.9 Å². The van der Waals surface area contributed by atoms with E-state index in [0.29, 0.717) is 43.2 Å². The van der Waals surface area contributed by atoms with E-state index in [1.165, 1.54) is 13.0 Å². The molecular formula is C26H33NO7. The van der Waals surface area contributed by atoms with E-state index in [1.54, 1.807) is 20.2 Å².